The summed E-state index contributed by atoms with van der Waals surface area (Å²) >= 11 is 0. The number of nitrogens with zero attached hydrogens (tertiary/aromatic N) is 2. The van der Waals surface area contributed by atoms with Gasteiger partial charge in [-0.05, 0) is 124 Å². The second kappa shape index (κ2) is 17.7. The molecule has 0 bridgehead atoms. The number of hydrogen-bond acceptors (Lipinski definition) is 4. The van der Waals surface area contributed by atoms with Gasteiger partial charge in [-0.25, -0.2) is 0 Å². The third-order valence-corrected chi connectivity index (χ3v) is 13.0. The molecule has 0 amide bonds. The summed E-state index contributed by atoms with van der Waals surface area (Å²) in [6, 6.07) is 51.4. The lowest BCUT2D eigenvalue weighted by atomic mass is 9.89. The fourth-order valence-corrected chi connectivity index (χ4v) is 9.77. The maximum absolute atomic E-state index is 10.7. The maximum atomic E-state index is 10.7. The highest BCUT2D eigenvalue weighted by atomic mass is 16.3. The lowest BCUT2D eigenvalue weighted by Crippen LogP contribution is -1.90. The SMILES string of the molecule is Oc1ccc(-c2ccc3ccc4cccc5ccc2c3c45)cc1C=NCCCCCCCCCCCCN=Cc1cc(-c2ccc3ccc4cccc5ccc2c3c45)ccc1O. The van der Waals surface area contributed by atoms with Crippen LogP contribution in [0.4, 0.5) is 0 Å². The van der Waals surface area contributed by atoms with Gasteiger partial charge in [-0.1, -0.05) is 173 Å². The zero-order valence-corrected chi connectivity index (χ0v) is 35.3. The Morgan fingerprint density at radius 1 is 0.339 bits per heavy atom. The molecular formula is C58H52N2O2. The van der Waals surface area contributed by atoms with E-state index in [2.05, 4.69) is 121 Å². The van der Waals surface area contributed by atoms with Crippen LogP contribution in [-0.2, 0) is 0 Å². The van der Waals surface area contributed by atoms with E-state index in [0.717, 1.165) is 48.2 Å². The first-order valence-electron chi connectivity index (χ1n) is 22.6. The molecule has 0 saturated heterocycles. The molecule has 10 aromatic carbocycles. The van der Waals surface area contributed by atoms with E-state index in [4.69, 9.17) is 9.98 Å². The molecule has 0 spiro atoms. The van der Waals surface area contributed by atoms with Gasteiger partial charge in [0.15, 0.2) is 0 Å². The lowest BCUT2D eigenvalue weighted by Gasteiger charge is -2.14. The van der Waals surface area contributed by atoms with Gasteiger partial charge in [0.2, 0.25) is 0 Å². The van der Waals surface area contributed by atoms with Gasteiger partial charge in [0.1, 0.15) is 11.5 Å². The van der Waals surface area contributed by atoms with Crippen molar-refractivity contribution >= 4 is 77.1 Å². The minimum Gasteiger partial charge on any atom is -0.507 e. The van der Waals surface area contributed by atoms with Crippen molar-refractivity contribution in [2.45, 2.75) is 64.2 Å². The third-order valence-electron chi connectivity index (χ3n) is 13.0. The number of unbranched alkanes of at least 4 members (excludes halogenated alkanes) is 9. The molecule has 4 nitrogen and oxygen atoms in total. The van der Waals surface area contributed by atoms with E-state index >= 15 is 0 Å². The Labute approximate surface area is 363 Å². The monoisotopic (exact) mass is 808 g/mol. The van der Waals surface area contributed by atoms with Crippen LogP contribution in [0.15, 0.2) is 156 Å². The number of hydrogen-bond donors (Lipinski definition) is 2. The third kappa shape index (κ3) is 7.82. The van der Waals surface area contributed by atoms with E-state index in [1.165, 1.54) is 127 Å². The summed E-state index contributed by atoms with van der Waals surface area (Å²) < 4.78 is 0. The second-order valence-corrected chi connectivity index (χ2v) is 17.1. The van der Waals surface area contributed by atoms with Crippen molar-refractivity contribution in [2.75, 3.05) is 13.1 Å². The molecule has 0 aliphatic rings. The highest BCUT2D eigenvalue weighted by molar-refractivity contribution is 6.26. The summed E-state index contributed by atoms with van der Waals surface area (Å²) in [5.41, 5.74) is 6.05. The largest absolute Gasteiger partial charge is 0.507 e. The molecule has 0 heterocycles. The molecule has 0 aliphatic heterocycles. The Bertz CT molecular complexity index is 2980. The minimum atomic E-state index is 0.265. The second-order valence-electron chi connectivity index (χ2n) is 17.1. The molecule has 2 N–H and O–H groups in total. The van der Waals surface area contributed by atoms with Gasteiger partial charge < -0.3 is 10.2 Å². The van der Waals surface area contributed by atoms with Crippen LogP contribution in [-0.4, -0.2) is 35.7 Å². The van der Waals surface area contributed by atoms with Gasteiger partial charge in [0.05, 0.1) is 0 Å². The van der Waals surface area contributed by atoms with Crippen LogP contribution >= 0.6 is 0 Å². The van der Waals surface area contributed by atoms with Crippen molar-refractivity contribution in [1.82, 2.24) is 0 Å². The van der Waals surface area contributed by atoms with Crippen LogP contribution in [0.5, 0.6) is 11.5 Å². The first-order valence-corrected chi connectivity index (χ1v) is 22.6. The normalized spacial score (nSPS) is 12.3. The van der Waals surface area contributed by atoms with Crippen LogP contribution in [0.2, 0.25) is 0 Å². The number of phenols is 2. The summed E-state index contributed by atoms with van der Waals surface area (Å²) in [7, 11) is 0. The van der Waals surface area contributed by atoms with Gasteiger partial charge in [0, 0.05) is 36.6 Å². The molecule has 306 valence electrons. The molecule has 0 radical (unpaired) electrons. The Morgan fingerprint density at radius 2 is 0.677 bits per heavy atom. The molecule has 10 aromatic rings. The molecule has 62 heavy (non-hydrogen) atoms. The average molecular weight is 809 g/mol. The van der Waals surface area contributed by atoms with Crippen molar-refractivity contribution in [2.24, 2.45) is 9.98 Å². The first kappa shape index (κ1) is 39.4. The van der Waals surface area contributed by atoms with Crippen LogP contribution in [0.25, 0.3) is 86.9 Å². The topological polar surface area (TPSA) is 65.2 Å². The number of aliphatic imine (C=N–C) groups is 2. The Kier molecular flexibility index (Phi) is 11.2. The van der Waals surface area contributed by atoms with E-state index in [0.29, 0.717) is 0 Å². The molecule has 0 fully saturated rings. The van der Waals surface area contributed by atoms with E-state index in [1.54, 1.807) is 12.1 Å². The van der Waals surface area contributed by atoms with Gasteiger partial charge in [0.25, 0.3) is 0 Å². The fourth-order valence-electron chi connectivity index (χ4n) is 9.77. The average Bonchev–Trinajstić information content (AvgIpc) is 3.31. The van der Waals surface area contributed by atoms with Crippen LogP contribution in [0.3, 0.4) is 0 Å². The van der Waals surface area contributed by atoms with Crippen LogP contribution in [0, 0.1) is 0 Å². The van der Waals surface area contributed by atoms with Crippen molar-refractivity contribution in [3.63, 3.8) is 0 Å². The molecule has 0 atom stereocenters. The van der Waals surface area contributed by atoms with E-state index < -0.39 is 0 Å². The van der Waals surface area contributed by atoms with Gasteiger partial charge in [-0.2, -0.15) is 0 Å². The number of rotatable bonds is 17. The standard InChI is InChI=1S/C58H52N2O2/c61-53-31-25-45(49-27-21-43-19-17-39-13-11-15-41-23-29-51(49)57(43)55(39)41)35-47(53)37-59-33-9-7-5-3-1-2-4-6-8-10-34-60-38-48-36-46(26-32-54(48)62)50-28-22-44-20-18-40-14-12-16-42-24-30-52(50)58(44)56(40)42/h11-32,35-38,61-62H,1-10,33-34H2. The Hall–Kier alpha value is -6.78. The van der Waals surface area contributed by atoms with Gasteiger partial charge >= 0.3 is 0 Å². The molecule has 0 aliphatic carbocycles. The zero-order valence-electron chi connectivity index (χ0n) is 35.3. The van der Waals surface area contributed by atoms with Gasteiger partial charge in [-0.3, -0.25) is 9.98 Å². The Balaban J connectivity index is 0.635. The van der Waals surface area contributed by atoms with Crippen molar-refractivity contribution < 1.29 is 10.2 Å². The summed E-state index contributed by atoms with van der Waals surface area (Å²) in [6.45, 7) is 1.55. The molecule has 0 saturated carbocycles. The van der Waals surface area contributed by atoms with E-state index in [1.807, 2.05) is 24.6 Å². The smallest absolute Gasteiger partial charge is 0.124 e. The molecule has 4 heteroatoms. The zero-order chi connectivity index (χ0) is 41.8. The number of phenolic OH excluding ortho intramolecular Hbond substituents is 2. The summed E-state index contributed by atoms with van der Waals surface area (Å²) in [5.74, 6) is 0.530. The lowest BCUT2D eigenvalue weighted by molar-refractivity contribution is 0.474. The molecule has 0 unspecified atom stereocenters. The minimum absolute atomic E-state index is 0.265. The van der Waals surface area contributed by atoms with Crippen molar-refractivity contribution in [3.8, 4) is 33.8 Å². The van der Waals surface area contributed by atoms with Crippen LogP contribution < -0.4 is 0 Å². The predicted octanol–water partition coefficient (Wildman–Crippen LogP) is 15.7. The highest BCUT2D eigenvalue weighted by Crippen LogP contribution is 2.41. The van der Waals surface area contributed by atoms with Crippen molar-refractivity contribution in [3.05, 3.63) is 157 Å². The number of benzene rings is 10. The van der Waals surface area contributed by atoms with E-state index in [-0.39, 0.29) is 11.5 Å². The maximum Gasteiger partial charge on any atom is 0.124 e. The quantitative estimate of drug-likeness (QED) is 0.0547. The molecule has 0 aromatic heterocycles. The van der Waals surface area contributed by atoms with Crippen LogP contribution in [0.1, 0.15) is 75.3 Å². The summed E-state index contributed by atoms with van der Waals surface area (Å²) in [5, 5.41) is 36.6. The Morgan fingerprint density at radius 3 is 1.08 bits per heavy atom. The first-order chi connectivity index (χ1) is 30.6. The van der Waals surface area contributed by atoms with Crippen molar-refractivity contribution in [1.29, 1.82) is 0 Å². The predicted molar refractivity (Wildman–Crippen MR) is 266 cm³/mol. The molecular weight excluding hydrogens is 757 g/mol. The summed E-state index contributed by atoms with van der Waals surface area (Å²) in [6.07, 6.45) is 15.8. The number of aromatic hydroxyl groups is 2. The van der Waals surface area contributed by atoms with Gasteiger partial charge in [-0.15, -0.1) is 0 Å². The highest BCUT2D eigenvalue weighted by Gasteiger charge is 2.15. The van der Waals surface area contributed by atoms with E-state index in [9.17, 15) is 10.2 Å². The molecule has 10 rings (SSSR count). The summed E-state index contributed by atoms with van der Waals surface area (Å²) in [4.78, 5) is 9.42. The fraction of sp³-hybridized carbons (Fsp3) is 0.207.